The number of fused-ring (bicyclic) bond motifs is 3. The van der Waals surface area contributed by atoms with Gasteiger partial charge in [-0.25, -0.2) is 9.07 Å². The summed E-state index contributed by atoms with van der Waals surface area (Å²) in [7, 11) is 0. The van der Waals surface area contributed by atoms with Crippen molar-refractivity contribution in [3.05, 3.63) is 65.1 Å². The fraction of sp³-hybridized carbons (Fsp3) is 0.304. The van der Waals surface area contributed by atoms with Crippen molar-refractivity contribution >= 4 is 18.0 Å². The summed E-state index contributed by atoms with van der Waals surface area (Å²) in [5.74, 6) is 0.295. The van der Waals surface area contributed by atoms with E-state index in [-0.39, 0.29) is 5.82 Å². The number of hydrogen-bond donors (Lipinski definition) is 0. The van der Waals surface area contributed by atoms with Crippen LogP contribution in [-0.2, 0) is 17.0 Å². The molecule has 5 nitrogen and oxygen atoms in total. The molecule has 0 saturated carbocycles. The van der Waals surface area contributed by atoms with Gasteiger partial charge in [0.25, 0.3) is 0 Å². The first-order valence-corrected chi connectivity index (χ1v) is 11.0. The Balaban J connectivity index is 1.51. The Morgan fingerprint density at radius 1 is 1.27 bits per heavy atom. The predicted molar refractivity (Wildman–Crippen MR) is 115 cm³/mol. The van der Waals surface area contributed by atoms with E-state index in [1.165, 1.54) is 23.4 Å². The number of aromatic nitrogens is 2. The summed E-state index contributed by atoms with van der Waals surface area (Å²) in [5.41, 5.74) is 4.94. The molecule has 2 aromatic carbocycles. The second-order valence-electron chi connectivity index (χ2n) is 7.71. The Labute approximate surface area is 178 Å². The molecule has 2 aliphatic heterocycles. The maximum absolute atomic E-state index is 14.4. The first kappa shape index (κ1) is 19.5. The van der Waals surface area contributed by atoms with Crippen LogP contribution in [0.4, 0.5) is 4.39 Å². The van der Waals surface area contributed by atoms with E-state index in [4.69, 9.17) is 4.74 Å². The van der Waals surface area contributed by atoms with Crippen molar-refractivity contribution < 1.29 is 13.9 Å². The van der Waals surface area contributed by atoms with Crippen LogP contribution in [0.1, 0.15) is 28.5 Å². The summed E-state index contributed by atoms with van der Waals surface area (Å²) in [4.78, 5) is 14.7. The Hall–Kier alpha value is -2.48. The van der Waals surface area contributed by atoms with Gasteiger partial charge >= 0.3 is 0 Å². The Morgan fingerprint density at radius 2 is 2.10 bits per heavy atom. The molecule has 5 rings (SSSR count). The third-order valence-electron chi connectivity index (χ3n) is 5.78. The third-order valence-corrected chi connectivity index (χ3v) is 6.92. The zero-order chi connectivity index (χ0) is 20.7. The molecule has 3 heterocycles. The van der Waals surface area contributed by atoms with Gasteiger partial charge in [0.15, 0.2) is 6.29 Å². The van der Waals surface area contributed by atoms with Crippen molar-refractivity contribution in [2.75, 3.05) is 19.8 Å². The largest absolute Gasteiger partial charge is 0.379 e. The molecule has 0 spiro atoms. The van der Waals surface area contributed by atoms with Gasteiger partial charge in [-0.2, -0.15) is 5.10 Å². The monoisotopic (exact) mass is 423 g/mol. The highest BCUT2D eigenvalue weighted by molar-refractivity contribution is 7.98. The number of thioether (sulfide) groups is 1. The van der Waals surface area contributed by atoms with Gasteiger partial charge < -0.3 is 4.74 Å². The molecule has 1 unspecified atom stereocenters. The molecule has 1 fully saturated rings. The molecule has 0 aliphatic carbocycles. The van der Waals surface area contributed by atoms with E-state index in [0.717, 1.165) is 55.1 Å². The summed E-state index contributed by atoms with van der Waals surface area (Å²) in [6.07, 6.45) is 0.786. The number of nitrogens with zero attached hydrogens (tertiary/aromatic N) is 3. The van der Waals surface area contributed by atoms with Crippen LogP contribution in [0.25, 0.3) is 16.9 Å². The highest BCUT2D eigenvalue weighted by atomic mass is 32.2. The van der Waals surface area contributed by atoms with E-state index in [2.05, 4.69) is 29.1 Å². The first-order valence-electron chi connectivity index (χ1n) is 10.1. The van der Waals surface area contributed by atoms with Gasteiger partial charge in [0.2, 0.25) is 0 Å². The summed E-state index contributed by atoms with van der Waals surface area (Å²) < 4.78 is 21.7. The van der Waals surface area contributed by atoms with Gasteiger partial charge in [0.05, 0.1) is 29.5 Å². The lowest BCUT2D eigenvalue weighted by Crippen LogP contribution is -2.42. The van der Waals surface area contributed by atoms with E-state index in [0.29, 0.717) is 22.4 Å². The molecule has 2 aliphatic rings. The minimum absolute atomic E-state index is 0.237. The molecule has 0 radical (unpaired) electrons. The van der Waals surface area contributed by atoms with Crippen molar-refractivity contribution in [1.29, 1.82) is 0 Å². The molecule has 1 atom stereocenters. The number of morpholine rings is 1. The topological polar surface area (TPSA) is 47.4 Å². The molecule has 1 aromatic heterocycles. The van der Waals surface area contributed by atoms with Gasteiger partial charge in [-0.15, -0.1) is 11.8 Å². The molecule has 0 bridgehead atoms. The fourth-order valence-corrected chi connectivity index (χ4v) is 5.23. The van der Waals surface area contributed by atoms with Gasteiger partial charge in [-0.3, -0.25) is 9.69 Å². The van der Waals surface area contributed by atoms with E-state index in [1.807, 2.05) is 18.2 Å². The number of carbonyl (C=O) groups is 1. The smallest absolute Gasteiger partial charge is 0.170 e. The highest BCUT2D eigenvalue weighted by Crippen LogP contribution is 2.44. The van der Waals surface area contributed by atoms with Crippen LogP contribution in [0.3, 0.4) is 0 Å². The fourth-order valence-electron chi connectivity index (χ4n) is 4.13. The van der Waals surface area contributed by atoms with Crippen molar-refractivity contribution in [3.63, 3.8) is 0 Å². The second kappa shape index (κ2) is 7.98. The van der Waals surface area contributed by atoms with Crippen molar-refractivity contribution in [3.8, 4) is 16.9 Å². The minimum Gasteiger partial charge on any atom is -0.379 e. The van der Waals surface area contributed by atoms with Gasteiger partial charge in [-0.1, -0.05) is 24.3 Å². The van der Waals surface area contributed by atoms with Crippen LogP contribution in [-0.4, -0.2) is 46.8 Å². The SMILES string of the molecule is CC1COCCN1Cc1ccc(-n2nc(C=O)c3c2-c2cccc(F)c2SC3)cc1. The second-order valence-corrected chi connectivity index (χ2v) is 8.69. The van der Waals surface area contributed by atoms with Crippen molar-refractivity contribution in [2.24, 2.45) is 0 Å². The normalized spacial score (nSPS) is 18.7. The van der Waals surface area contributed by atoms with Crippen LogP contribution in [0.15, 0.2) is 47.4 Å². The molecule has 0 N–H and O–H groups in total. The average Bonchev–Trinajstić information content (AvgIpc) is 3.15. The number of halogens is 1. The predicted octanol–water partition coefficient (Wildman–Crippen LogP) is 4.32. The molecule has 7 heteroatoms. The van der Waals surface area contributed by atoms with E-state index < -0.39 is 0 Å². The molecule has 154 valence electrons. The first-order chi connectivity index (χ1) is 14.7. The Morgan fingerprint density at radius 3 is 2.87 bits per heavy atom. The average molecular weight is 424 g/mol. The maximum atomic E-state index is 14.4. The number of carbonyl (C=O) groups excluding carboxylic acids is 1. The van der Waals surface area contributed by atoms with Crippen LogP contribution >= 0.6 is 11.8 Å². The van der Waals surface area contributed by atoms with E-state index in [1.54, 1.807) is 10.7 Å². The number of rotatable bonds is 4. The summed E-state index contributed by atoms with van der Waals surface area (Å²) in [6, 6.07) is 13.7. The van der Waals surface area contributed by atoms with Crippen LogP contribution in [0.2, 0.25) is 0 Å². The number of benzene rings is 2. The number of aldehydes is 1. The Bertz CT molecular complexity index is 1100. The van der Waals surface area contributed by atoms with Gasteiger partial charge in [0, 0.05) is 36.0 Å². The van der Waals surface area contributed by atoms with E-state index >= 15 is 0 Å². The highest BCUT2D eigenvalue weighted by Gasteiger charge is 2.28. The summed E-state index contributed by atoms with van der Waals surface area (Å²) in [6.45, 7) is 5.51. The van der Waals surface area contributed by atoms with Crippen LogP contribution < -0.4 is 0 Å². The molecular weight excluding hydrogens is 401 g/mol. The number of ether oxygens (including phenoxy) is 1. The van der Waals surface area contributed by atoms with Gasteiger partial charge in [-0.05, 0) is 30.7 Å². The standard InChI is InChI=1S/C23H22FN3O2S/c1-15-13-29-10-9-26(15)11-16-5-7-17(8-6-16)27-22-18-3-2-4-20(24)23(18)30-14-19(22)21(12-28)25-27/h2-8,12,15H,9-11,13-14H2,1H3. The third kappa shape index (κ3) is 3.37. The molecule has 0 amide bonds. The molecule has 1 saturated heterocycles. The lowest BCUT2D eigenvalue weighted by atomic mass is 10.1. The Kier molecular flexibility index (Phi) is 5.18. The van der Waals surface area contributed by atoms with Crippen molar-refractivity contribution in [2.45, 2.75) is 30.2 Å². The quantitative estimate of drug-likeness (QED) is 0.585. The molecular formula is C23H22FN3O2S. The number of hydrogen-bond acceptors (Lipinski definition) is 5. The summed E-state index contributed by atoms with van der Waals surface area (Å²) >= 11 is 1.42. The van der Waals surface area contributed by atoms with Gasteiger partial charge in [0.1, 0.15) is 11.5 Å². The minimum atomic E-state index is -0.237. The molecule has 3 aromatic rings. The van der Waals surface area contributed by atoms with Crippen molar-refractivity contribution in [1.82, 2.24) is 14.7 Å². The lowest BCUT2D eigenvalue weighted by molar-refractivity contribution is -0.00436. The zero-order valence-corrected chi connectivity index (χ0v) is 17.5. The molecule has 30 heavy (non-hydrogen) atoms. The summed E-state index contributed by atoms with van der Waals surface area (Å²) in [5, 5.41) is 4.55. The zero-order valence-electron chi connectivity index (χ0n) is 16.7. The van der Waals surface area contributed by atoms with E-state index in [9.17, 15) is 9.18 Å². The van der Waals surface area contributed by atoms with Crippen LogP contribution in [0.5, 0.6) is 0 Å². The maximum Gasteiger partial charge on any atom is 0.170 e. The van der Waals surface area contributed by atoms with Crippen LogP contribution in [0, 0.1) is 5.82 Å². The lowest BCUT2D eigenvalue weighted by Gasteiger charge is -2.33.